The largest absolute Gasteiger partial charge is 0.477 e. The van der Waals surface area contributed by atoms with Gasteiger partial charge in [-0.3, -0.25) is 39.1 Å². The van der Waals surface area contributed by atoms with E-state index in [4.69, 9.17) is 91.0 Å². The molecular formula is C69H63Cl7F3N13O7S6. The first-order chi connectivity index (χ1) is 49.8. The van der Waals surface area contributed by atoms with Gasteiger partial charge in [0.05, 0.1) is 21.4 Å². The van der Waals surface area contributed by atoms with Gasteiger partial charge in [-0.1, -0.05) is 82.9 Å². The fraction of sp³-hybridized carbons (Fsp3) is 0.101. The number of Topliss-reactive ketones (excluding diaryl/α,β-unsaturated/α-hetero) is 1. The normalized spacial score (nSPS) is 9.77. The second-order valence-corrected chi connectivity index (χ2v) is 27.1. The number of thiol groups is 1. The van der Waals surface area contributed by atoms with E-state index in [0.717, 1.165) is 69.9 Å². The fourth-order valence-corrected chi connectivity index (χ4v) is 9.89. The topological polar surface area (TPSA) is 326 Å². The van der Waals surface area contributed by atoms with Gasteiger partial charge in [0.25, 0.3) is 17.1 Å². The molecule has 0 saturated carbocycles. The standard InChI is InChI=1S/C21H19ClN4OS2.C13H13N3OS.C8H3ClF3NS.C8H8ClNO.C6H3Cl2NO.C6H5NO2.C6H7NS.CH5N.Cl2OS/c1-13-11-15(5-8-18(13)22)26-21(28)25-14-3-6-16(7-4-14)29-17-9-10-24-19(12-17)20(27)23-2;1-15-13(17)12-8-11(6-7-16-12)18-10-4-2-9(14)3-5-10;9-7-2-1-5(13-4-14)3-6(7)8(10,11)12;1-2-8(11)7-5-6(9)3-4-10-7;7-4-1-2-9-5(3-4)6(8)10;8-6(9)5-3-1-2-4-7-5;7-5-1-3-6(8)4-2-5;1-2;1-4(2)3/h3-12H,1-2H3,(H,23,27)(H2,25,26,28);2-8H,14H2,1H3,(H,15,17);1-3H;3-5H,2H2,1H3;1-3H;1-4H,(H,8,9);1-4,8H,7H2;2H2,1H3;. The van der Waals surface area contributed by atoms with Gasteiger partial charge >= 0.3 is 12.1 Å². The third-order valence-corrected chi connectivity index (χ3v) is 15.7. The van der Waals surface area contributed by atoms with Crippen LogP contribution in [-0.4, -0.2) is 94.5 Å². The highest BCUT2D eigenvalue weighted by Gasteiger charge is 2.33. The zero-order valence-electron chi connectivity index (χ0n) is 55.4. The van der Waals surface area contributed by atoms with E-state index in [-0.39, 0.29) is 39.7 Å². The number of alkyl halides is 3. The van der Waals surface area contributed by atoms with E-state index in [1.165, 1.54) is 43.8 Å². The number of nitrogen functional groups attached to an aromatic ring is 2. The monoisotopic (exact) mass is 1680 g/mol. The van der Waals surface area contributed by atoms with Gasteiger partial charge < -0.3 is 43.6 Å². The van der Waals surface area contributed by atoms with E-state index in [1.54, 1.807) is 99.4 Å². The smallest absolute Gasteiger partial charge is 0.417 e. The van der Waals surface area contributed by atoms with Crippen LogP contribution in [0.1, 0.15) is 76.9 Å². The van der Waals surface area contributed by atoms with Gasteiger partial charge in [0.2, 0.25) is 9.23 Å². The summed E-state index contributed by atoms with van der Waals surface area (Å²) in [5, 5.41) is 23.0. The summed E-state index contributed by atoms with van der Waals surface area (Å²) in [5.74, 6) is -1.36. The number of nitrogens with one attached hydrogen (secondary N) is 4. The molecule has 0 radical (unpaired) electrons. The van der Waals surface area contributed by atoms with Gasteiger partial charge in [-0.05, 0) is 225 Å². The number of halogens is 10. The van der Waals surface area contributed by atoms with Gasteiger partial charge in [0.15, 0.2) is 10.9 Å². The first-order valence-corrected chi connectivity index (χ1v) is 36.9. The van der Waals surface area contributed by atoms with Crippen molar-refractivity contribution < 1.29 is 46.5 Å². The zero-order chi connectivity index (χ0) is 78.6. The molecule has 10 aromatic rings. The number of nitrogens with zero attached hydrogens (tertiary/aromatic N) is 6. The Morgan fingerprint density at radius 1 is 0.590 bits per heavy atom. The van der Waals surface area contributed by atoms with E-state index in [9.17, 15) is 37.1 Å². The number of aliphatic imine (C=N–C) groups is 1. The van der Waals surface area contributed by atoms with Crippen molar-refractivity contribution in [2.45, 2.75) is 50.9 Å². The summed E-state index contributed by atoms with van der Waals surface area (Å²) in [6, 6.07) is 50.0. The molecule has 0 aliphatic carbocycles. The minimum Gasteiger partial charge on any atom is -0.477 e. The number of ketones is 1. The quantitative estimate of drug-likeness (QED) is 0.0129. The third-order valence-electron chi connectivity index (χ3n) is 11.7. The number of carboxylic acid groups (broad SMARTS) is 1. The molecule has 0 aliphatic rings. The Labute approximate surface area is 664 Å². The molecule has 0 aliphatic heterocycles. The second-order valence-electron chi connectivity index (χ2n) is 19.2. The van der Waals surface area contributed by atoms with Crippen LogP contribution in [0.3, 0.4) is 0 Å². The van der Waals surface area contributed by atoms with Crippen LogP contribution in [-0.2, 0) is 15.4 Å². The van der Waals surface area contributed by atoms with Gasteiger partial charge in [-0.2, -0.15) is 18.2 Å². The Hall–Kier alpha value is -8.33. The van der Waals surface area contributed by atoms with Crippen molar-refractivity contribution in [2.24, 2.45) is 10.7 Å². The lowest BCUT2D eigenvalue weighted by atomic mass is 10.2. The molecule has 105 heavy (non-hydrogen) atoms. The summed E-state index contributed by atoms with van der Waals surface area (Å²) in [6.07, 6.45) is 3.65. The maximum atomic E-state index is 12.3. The van der Waals surface area contributed by atoms with Gasteiger partial charge in [0.1, 0.15) is 28.5 Å². The van der Waals surface area contributed by atoms with Gasteiger partial charge in [-0.15, -0.1) is 12.6 Å². The number of aromatic carboxylic acids is 1. The Kier molecular flexibility index (Phi) is 45.0. The predicted molar refractivity (Wildman–Crippen MR) is 431 cm³/mol. The Balaban J connectivity index is 0.000000430. The number of carbonyl (C=O) groups is 5. The maximum absolute atomic E-state index is 12.3. The minimum atomic E-state index is -4.48. The molecule has 2 amide bonds. The summed E-state index contributed by atoms with van der Waals surface area (Å²) in [5.41, 5.74) is 20.4. The number of carbonyl (C=O) groups excluding carboxylic acids is 4. The van der Waals surface area contributed by atoms with Crippen LogP contribution in [0.5, 0.6) is 0 Å². The Bertz CT molecular complexity index is 4490. The van der Waals surface area contributed by atoms with Crippen LogP contribution in [0.2, 0.25) is 20.1 Å². The van der Waals surface area contributed by atoms with Crippen LogP contribution in [0.4, 0.5) is 41.6 Å². The molecule has 0 saturated heterocycles. The number of aryl methyl sites for hydroxylation is 1. The Morgan fingerprint density at radius 2 is 1.03 bits per heavy atom. The number of benzene rings is 5. The first kappa shape index (κ1) is 92.8. The number of pyridine rings is 5. The number of thiocarbonyl (C=S) groups is 2. The number of hydrogen-bond donors (Lipinski definition) is 9. The predicted octanol–water partition coefficient (Wildman–Crippen LogP) is 19.0. The van der Waals surface area contributed by atoms with Crippen LogP contribution in [0, 0.1) is 6.92 Å². The van der Waals surface area contributed by atoms with Crippen molar-refractivity contribution in [3.63, 3.8) is 0 Å². The van der Waals surface area contributed by atoms with E-state index in [1.807, 2.05) is 115 Å². The lowest BCUT2D eigenvalue weighted by Crippen LogP contribution is -2.19. The van der Waals surface area contributed by atoms with E-state index >= 15 is 0 Å². The van der Waals surface area contributed by atoms with Crippen molar-refractivity contribution in [2.75, 3.05) is 43.2 Å². The minimum absolute atomic E-state index is 0.0208. The van der Waals surface area contributed by atoms with Gasteiger partial charge in [-0.25, -0.2) is 14.0 Å². The van der Waals surface area contributed by atoms with Crippen LogP contribution in [0.25, 0.3) is 0 Å². The molecule has 0 spiro atoms. The fourth-order valence-electron chi connectivity index (χ4n) is 6.95. The molecule has 552 valence electrons. The van der Waals surface area contributed by atoms with Crippen molar-refractivity contribution >= 4 is 217 Å². The number of carboxylic acids is 1. The number of nitrogens with two attached hydrogens (primary N) is 3. The molecular weight excluding hydrogens is 1620 g/mol. The summed E-state index contributed by atoms with van der Waals surface area (Å²) >= 11 is 44.6. The summed E-state index contributed by atoms with van der Waals surface area (Å²) < 4.78 is 46.0. The Morgan fingerprint density at radius 3 is 1.44 bits per heavy atom. The number of rotatable bonds is 13. The lowest BCUT2D eigenvalue weighted by Gasteiger charge is -2.12. The number of aromatic nitrogens is 5. The highest BCUT2D eigenvalue weighted by molar-refractivity contribution is 8.26. The number of hydrogen-bond acceptors (Lipinski definition) is 20. The van der Waals surface area contributed by atoms with Crippen LogP contribution in [0.15, 0.2) is 236 Å². The number of anilines is 4. The molecule has 20 nitrogen and oxygen atoms in total. The molecule has 0 bridgehead atoms. The summed E-state index contributed by atoms with van der Waals surface area (Å²) in [7, 11) is 12.0. The van der Waals surface area contributed by atoms with Crippen molar-refractivity contribution in [3.8, 4) is 0 Å². The van der Waals surface area contributed by atoms with E-state index in [0.29, 0.717) is 38.7 Å². The third kappa shape index (κ3) is 39.0. The second kappa shape index (κ2) is 51.0. The first-order valence-electron chi connectivity index (χ1n) is 29.3. The molecule has 5 aromatic heterocycles. The summed E-state index contributed by atoms with van der Waals surface area (Å²) in [6.45, 7) is 3.74. The highest BCUT2D eigenvalue weighted by Crippen LogP contribution is 2.37. The average molecular weight is 1680 g/mol. The highest BCUT2D eigenvalue weighted by atomic mass is 36.0. The zero-order valence-corrected chi connectivity index (χ0v) is 65.7. The lowest BCUT2D eigenvalue weighted by molar-refractivity contribution is -0.137. The van der Waals surface area contributed by atoms with Crippen LogP contribution < -0.4 is 38.5 Å². The van der Waals surface area contributed by atoms with Gasteiger partial charge in [0, 0.05) is 135 Å². The molecule has 11 N–H and O–H groups in total. The van der Waals surface area contributed by atoms with Crippen molar-refractivity contribution in [1.82, 2.24) is 35.6 Å². The number of amides is 2. The molecule has 5 aromatic carbocycles. The molecule has 36 heteroatoms. The molecule has 10 rings (SSSR count). The maximum Gasteiger partial charge on any atom is 0.417 e. The number of isothiocyanates is 1. The van der Waals surface area contributed by atoms with Crippen LogP contribution >= 0.6 is 140 Å². The molecule has 0 unspecified atom stereocenters. The van der Waals surface area contributed by atoms with Crippen molar-refractivity contribution in [1.29, 1.82) is 0 Å². The average Bonchev–Trinajstić information content (AvgIpc) is 0.818. The molecule has 0 fully saturated rings. The summed E-state index contributed by atoms with van der Waals surface area (Å²) in [4.78, 5) is 82.4. The SMILES string of the molecule is CCC(=O)c1cc(Cl)ccn1.CN.CNC(=O)c1cc(Sc2ccc(N)cc2)ccn1.CNC(=O)c1cc(Sc2ccc(NC(=S)Nc3ccc(Cl)c(C)c3)cc2)ccn1.FC(F)(F)c1cc(N=C=S)ccc1Cl.Nc1ccc(S)cc1.O=C(Cl)c1cc(Cl)ccn1.O=C(O)c1ccccn1.O=S(Cl)Cl. The molecule has 0 atom stereocenters. The van der Waals surface area contributed by atoms with E-state index in [2.05, 4.69) is 103 Å². The van der Waals surface area contributed by atoms with E-state index < -0.39 is 32.2 Å². The van der Waals surface area contributed by atoms with Crippen molar-refractivity contribution in [3.05, 3.63) is 267 Å². The molecule has 5 heterocycles.